The molecule has 426 valence electrons. The molecule has 16 aromatic rings. The number of thiophene rings is 2. The number of rotatable bonds is 6. The van der Waals surface area contributed by atoms with Crippen LogP contribution in [0.3, 0.4) is 0 Å². The SMILES string of the molecule is Brc1ccc(-c2cccc(-c3ccc4c(c3)c3ccccc3n4-c3ccc4sc5ccccc5c4c3)c2)cc1.Brc1ccc(I)cc1.CC1(C)OB(c2cccc(-c3ccc4c(c3)c3ccccc3n4-c3ccc4sc5ccccc5c4c3)c2)OC1(C)C. The highest BCUT2D eigenvalue weighted by atomic mass is 127. The quantitative estimate of drug-likeness (QED) is 0.123. The Morgan fingerprint density at radius 3 is 1.22 bits per heavy atom. The highest BCUT2D eigenvalue weighted by Crippen LogP contribution is 2.43. The fraction of sp³-hybridized carbons (Fsp3) is 0.0769. The number of nitrogens with zero attached hydrogens (tertiary/aromatic N) is 2. The third-order valence-corrected chi connectivity index (χ3v) is 21.6. The first-order valence-electron chi connectivity index (χ1n) is 29.4. The summed E-state index contributed by atoms with van der Waals surface area (Å²) in [6.45, 7) is 8.39. The first kappa shape index (κ1) is 56.8. The van der Waals surface area contributed by atoms with E-state index in [1.54, 1.807) is 0 Å². The maximum Gasteiger partial charge on any atom is 0.494 e. The molecule has 12 aromatic carbocycles. The maximum absolute atomic E-state index is 6.35. The molecule has 0 N–H and O–H groups in total. The van der Waals surface area contributed by atoms with Crippen LogP contribution in [0.2, 0.25) is 0 Å². The zero-order valence-electron chi connectivity index (χ0n) is 48.6. The minimum atomic E-state index is -0.381. The van der Waals surface area contributed by atoms with Crippen molar-refractivity contribution in [2.75, 3.05) is 0 Å². The molecule has 17 rings (SSSR count). The van der Waals surface area contributed by atoms with Crippen molar-refractivity contribution in [2.45, 2.75) is 38.9 Å². The molecule has 5 heterocycles. The van der Waals surface area contributed by atoms with Crippen LogP contribution in [-0.4, -0.2) is 27.5 Å². The van der Waals surface area contributed by atoms with E-state index in [-0.39, 0.29) is 18.3 Å². The van der Waals surface area contributed by atoms with E-state index in [0.29, 0.717) is 0 Å². The summed E-state index contributed by atoms with van der Waals surface area (Å²) in [5.41, 5.74) is 14.8. The molecular weight excluding hydrogens is 1360 g/mol. The molecule has 0 atom stereocenters. The van der Waals surface area contributed by atoms with Gasteiger partial charge in [0.05, 0.1) is 33.3 Å². The largest absolute Gasteiger partial charge is 0.494 e. The highest BCUT2D eigenvalue weighted by molar-refractivity contribution is 14.1. The molecule has 0 saturated carbocycles. The van der Waals surface area contributed by atoms with Crippen molar-refractivity contribution in [1.82, 2.24) is 9.13 Å². The van der Waals surface area contributed by atoms with Crippen LogP contribution in [0.4, 0.5) is 0 Å². The minimum Gasteiger partial charge on any atom is -0.399 e. The van der Waals surface area contributed by atoms with E-state index >= 15 is 0 Å². The maximum atomic E-state index is 6.35. The molecule has 0 bridgehead atoms. The smallest absolute Gasteiger partial charge is 0.399 e. The predicted octanol–water partition coefficient (Wildman–Crippen LogP) is 23.4. The van der Waals surface area contributed by atoms with Crippen molar-refractivity contribution in [2.24, 2.45) is 0 Å². The van der Waals surface area contributed by atoms with Crippen LogP contribution >= 0.6 is 77.1 Å². The van der Waals surface area contributed by atoms with E-state index in [9.17, 15) is 0 Å². The monoisotopic (exact) mass is 1410 g/mol. The summed E-state index contributed by atoms with van der Waals surface area (Å²) in [4.78, 5) is 0. The summed E-state index contributed by atoms with van der Waals surface area (Å²) in [5.74, 6) is 0. The van der Waals surface area contributed by atoms with Crippen molar-refractivity contribution < 1.29 is 9.31 Å². The van der Waals surface area contributed by atoms with Crippen molar-refractivity contribution in [3.05, 3.63) is 279 Å². The Hall–Kier alpha value is -7.65. The topological polar surface area (TPSA) is 28.3 Å². The first-order valence-corrected chi connectivity index (χ1v) is 33.7. The Balaban J connectivity index is 0.000000131. The summed E-state index contributed by atoms with van der Waals surface area (Å²) in [6.07, 6.45) is 0. The second kappa shape index (κ2) is 23.1. The van der Waals surface area contributed by atoms with E-state index in [1.165, 1.54) is 127 Å². The van der Waals surface area contributed by atoms with Crippen LogP contribution in [-0.2, 0) is 9.31 Å². The second-order valence-electron chi connectivity index (χ2n) is 23.5. The van der Waals surface area contributed by atoms with Gasteiger partial charge in [-0.05, 0) is 217 Å². The van der Waals surface area contributed by atoms with Crippen molar-refractivity contribution in [1.29, 1.82) is 0 Å². The Bertz CT molecular complexity index is 5320. The number of benzene rings is 12. The molecule has 0 radical (unpaired) electrons. The van der Waals surface area contributed by atoms with Gasteiger partial charge in [0.15, 0.2) is 0 Å². The zero-order chi connectivity index (χ0) is 59.8. The summed E-state index contributed by atoms with van der Waals surface area (Å²) >= 11 is 12.9. The van der Waals surface area contributed by atoms with Gasteiger partial charge in [0.2, 0.25) is 0 Å². The molecule has 0 aliphatic carbocycles. The van der Waals surface area contributed by atoms with Crippen LogP contribution < -0.4 is 5.46 Å². The van der Waals surface area contributed by atoms with Crippen LogP contribution in [0, 0.1) is 3.57 Å². The van der Waals surface area contributed by atoms with Crippen LogP contribution in [0.5, 0.6) is 0 Å². The lowest BCUT2D eigenvalue weighted by Crippen LogP contribution is -2.41. The minimum absolute atomic E-state index is 0.368. The number of hydrogen-bond donors (Lipinski definition) is 0. The fourth-order valence-corrected chi connectivity index (χ4v) is 15.4. The van der Waals surface area contributed by atoms with Gasteiger partial charge in [0, 0.05) is 85.8 Å². The third kappa shape index (κ3) is 10.5. The van der Waals surface area contributed by atoms with Crippen LogP contribution in [0.1, 0.15) is 27.7 Å². The molecule has 0 amide bonds. The molecule has 4 aromatic heterocycles. The number of fused-ring (bicyclic) bond motifs is 12. The summed E-state index contributed by atoms with van der Waals surface area (Å²) in [7, 11) is -0.381. The molecule has 0 unspecified atom stereocenters. The van der Waals surface area contributed by atoms with Crippen molar-refractivity contribution in [3.8, 4) is 44.8 Å². The van der Waals surface area contributed by atoms with Gasteiger partial charge in [-0.1, -0.05) is 171 Å². The van der Waals surface area contributed by atoms with Gasteiger partial charge in [-0.25, -0.2) is 0 Å². The van der Waals surface area contributed by atoms with Gasteiger partial charge in [-0.15, -0.1) is 22.7 Å². The Kier molecular flexibility index (Phi) is 14.9. The van der Waals surface area contributed by atoms with Crippen LogP contribution in [0.25, 0.3) is 129 Å². The van der Waals surface area contributed by atoms with Crippen molar-refractivity contribution >= 4 is 174 Å². The molecule has 88 heavy (non-hydrogen) atoms. The number of para-hydroxylation sites is 2. The molecule has 0 spiro atoms. The molecule has 10 heteroatoms. The van der Waals surface area contributed by atoms with E-state index in [1.807, 2.05) is 34.8 Å². The summed E-state index contributed by atoms with van der Waals surface area (Å²) < 4.78 is 26.3. The number of aromatic nitrogens is 2. The standard InChI is InChI=1S/C36H30BNO2S.C36H22BrNS.C6H4BrI/c1-35(2)36(3,4)40-37(39-35)25-11-9-10-23(20-25)24-16-18-32-29(21-24)27-12-5-7-14-31(27)38(32)26-17-19-34-30(22-26)28-13-6-8-15-33(28)41-34;37-27-15-12-23(13-16-27)24-6-5-7-25(20-24)26-14-18-34-31(21-26)29-8-1-3-10-33(29)38(34)28-17-19-36-32(22-28)30-9-2-4-11-35(30)39-36;7-5-1-3-6(8)4-2-5/h5-22H,1-4H3;1-22H;1-4H. The third-order valence-electron chi connectivity index (χ3n) is 17.5. The molecule has 4 nitrogen and oxygen atoms in total. The molecule has 1 aliphatic heterocycles. The van der Waals surface area contributed by atoms with E-state index in [2.05, 4.69) is 346 Å². The Morgan fingerprint density at radius 2 is 0.716 bits per heavy atom. The Morgan fingerprint density at radius 1 is 0.330 bits per heavy atom. The first-order chi connectivity index (χ1) is 42.8. The molecular formula is C78H56BBr2IN2O2S2. The Labute approximate surface area is 550 Å². The predicted molar refractivity (Wildman–Crippen MR) is 394 cm³/mol. The van der Waals surface area contributed by atoms with Gasteiger partial charge in [-0.2, -0.15) is 0 Å². The van der Waals surface area contributed by atoms with Gasteiger partial charge in [-0.3, -0.25) is 0 Å². The average molecular weight is 1410 g/mol. The number of halogens is 3. The van der Waals surface area contributed by atoms with Gasteiger partial charge in [0.25, 0.3) is 0 Å². The van der Waals surface area contributed by atoms with E-state index < -0.39 is 0 Å². The van der Waals surface area contributed by atoms with Crippen molar-refractivity contribution in [3.63, 3.8) is 0 Å². The summed E-state index contributed by atoms with van der Waals surface area (Å²) in [5, 5.41) is 10.3. The van der Waals surface area contributed by atoms with Crippen LogP contribution in [0.15, 0.2) is 276 Å². The van der Waals surface area contributed by atoms with E-state index in [0.717, 1.165) is 20.0 Å². The number of hydrogen-bond acceptors (Lipinski definition) is 4. The van der Waals surface area contributed by atoms with Gasteiger partial charge < -0.3 is 18.4 Å². The normalized spacial score (nSPS) is 13.7. The zero-order valence-corrected chi connectivity index (χ0v) is 55.6. The van der Waals surface area contributed by atoms with Gasteiger partial charge in [0.1, 0.15) is 0 Å². The molecule has 1 saturated heterocycles. The lowest BCUT2D eigenvalue weighted by atomic mass is 9.78. The lowest BCUT2D eigenvalue weighted by Gasteiger charge is -2.32. The average Bonchev–Trinajstić information content (AvgIpc) is 1.67. The highest BCUT2D eigenvalue weighted by Gasteiger charge is 2.51. The fourth-order valence-electron chi connectivity index (χ4n) is 12.4. The van der Waals surface area contributed by atoms with Gasteiger partial charge >= 0.3 is 7.12 Å². The molecule has 1 aliphatic rings. The lowest BCUT2D eigenvalue weighted by molar-refractivity contribution is 0.00578. The second-order valence-corrected chi connectivity index (χ2v) is 28.7. The summed E-state index contributed by atoms with van der Waals surface area (Å²) in [6, 6.07) is 96.5. The molecule has 1 fully saturated rings. The van der Waals surface area contributed by atoms with E-state index in [4.69, 9.17) is 9.31 Å².